The van der Waals surface area contributed by atoms with Gasteiger partial charge in [0.25, 0.3) is 0 Å². The highest BCUT2D eigenvalue weighted by Crippen LogP contribution is 2.01. The van der Waals surface area contributed by atoms with Crippen molar-refractivity contribution in [1.29, 1.82) is 0 Å². The Bertz CT molecular complexity index is 165. The van der Waals surface area contributed by atoms with Crippen LogP contribution in [0.3, 0.4) is 0 Å². The van der Waals surface area contributed by atoms with Gasteiger partial charge in [0.05, 0.1) is 0 Å². The maximum Gasteiger partial charge on any atom is 0.241 e. The molecule has 0 saturated carbocycles. The van der Waals surface area contributed by atoms with Crippen molar-refractivity contribution in [3.05, 3.63) is 0 Å². The number of nitrogens with one attached hydrogen (secondary N) is 1. The third-order valence-corrected chi connectivity index (χ3v) is 1.75. The fourth-order valence-corrected chi connectivity index (χ4v) is 0.862. The number of nitrogens with zero attached hydrogens (tertiary/aromatic N) is 1. The molecule has 1 aliphatic heterocycles. The minimum absolute atomic E-state index is 0.0214. The molecule has 1 heterocycles. The molecule has 0 radical (unpaired) electrons. The van der Waals surface area contributed by atoms with Crippen molar-refractivity contribution < 1.29 is 4.79 Å². The van der Waals surface area contributed by atoms with Crippen LogP contribution in [0.4, 0.5) is 0 Å². The maximum absolute atomic E-state index is 10.8. The molecule has 10 heavy (non-hydrogen) atoms. The molecule has 3 heteroatoms. The number of hydrogen-bond donors (Lipinski definition) is 1. The second-order valence-corrected chi connectivity index (χ2v) is 2.71. The van der Waals surface area contributed by atoms with Gasteiger partial charge < -0.3 is 5.32 Å². The summed E-state index contributed by atoms with van der Waals surface area (Å²) < 4.78 is 0. The minimum atomic E-state index is 0.0214. The van der Waals surface area contributed by atoms with Gasteiger partial charge in [-0.25, -0.2) is 0 Å². The zero-order valence-corrected chi connectivity index (χ0v) is 6.29. The predicted octanol–water partition coefficient (Wildman–Crippen LogP) is 0.212. The highest BCUT2D eigenvalue weighted by atomic mass is 16.1. The summed E-state index contributed by atoms with van der Waals surface area (Å²) in [6, 6.07) is 0.221. The Labute approximate surface area is 60.5 Å². The molecule has 0 aromatic rings. The number of amides is 1. The molecule has 56 valence electrons. The normalized spacial score (nSPS) is 33.2. The molecule has 0 saturated heterocycles. The van der Waals surface area contributed by atoms with Crippen LogP contribution in [0.15, 0.2) is 4.99 Å². The molecule has 2 atom stereocenters. The lowest BCUT2D eigenvalue weighted by atomic mass is 10.1. The topological polar surface area (TPSA) is 41.5 Å². The van der Waals surface area contributed by atoms with Gasteiger partial charge in [-0.05, 0) is 6.92 Å². The average Bonchev–Trinajstić information content (AvgIpc) is 1.96. The number of carbonyl (C=O) groups excluding carboxylic acids is 1. The van der Waals surface area contributed by atoms with E-state index in [-0.39, 0.29) is 18.5 Å². The molecule has 0 fully saturated rings. The molecule has 0 aromatic heterocycles. The van der Waals surface area contributed by atoms with E-state index < -0.39 is 0 Å². The molecule has 0 aliphatic carbocycles. The van der Waals surface area contributed by atoms with Gasteiger partial charge in [0, 0.05) is 18.2 Å². The summed E-state index contributed by atoms with van der Waals surface area (Å²) in [5, 5.41) is 2.83. The molecule has 1 amide bonds. The fraction of sp³-hybridized carbons (Fsp3) is 0.714. The van der Waals surface area contributed by atoms with Crippen LogP contribution in [0.25, 0.3) is 0 Å². The van der Waals surface area contributed by atoms with Crippen molar-refractivity contribution in [2.24, 2.45) is 10.9 Å². The highest BCUT2D eigenvalue weighted by Gasteiger charge is 2.14. The van der Waals surface area contributed by atoms with Crippen molar-refractivity contribution in [1.82, 2.24) is 5.32 Å². The average molecular weight is 140 g/mol. The summed E-state index contributed by atoms with van der Waals surface area (Å²) in [6.45, 7) is 4.31. The van der Waals surface area contributed by atoms with Crippen LogP contribution in [-0.4, -0.2) is 24.7 Å². The molecule has 1 aliphatic rings. The molecule has 0 aromatic carbocycles. The van der Waals surface area contributed by atoms with Crippen LogP contribution in [0.5, 0.6) is 0 Å². The summed E-state index contributed by atoms with van der Waals surface area (Å²) in [4.78, 5) is 14.8. The Morgan fingerprint density at radius 2 is 2.40 bits per heavy atom. The second-order valence-electron chi connectivity index (χ2n) is 2.71. The zero-order valence-electron chi connectivity index (χ0n) is 6.29. The fourth-order valence-electron chi connectivity index (χ4n) is 0.862. The summed E-state index contributed by atoms with van der Waals surface area (Å²) in [5.74, 6) is 0.375. The Kier molecular flexibility index (Phi) is 2.04. The standard InChI is InChI=1S/C7H12N2O/c1-5-3-8-4-7(10)9-6(5)2/h3,5-6H,4H2,1-2H3,(H,9,10). The van der Waals surface area contributed by atoms with E-state index >= 15 is 0 Å². The molecule has 0 bridgehead atoms. The molecular formula is C7H12N2O. The SMILES string of the molecule is CC1C=NCC(=O)NC1C. The zero-order chi connectivity index (χ0) is 7.56. The first-order valence-corrected chi connectivity index (χ1v) is 3.49. The van der Waals surface area contributed by atoms with Crippen LogP contribution in [0.1, 0.15) is 13.8 Å². The quantitative estimate of drug-likeness (QED) is 0.513. The first kappa shape index (κ1) is 7.25. The van der Waals surface area contributed by atoms with Crippen molar-refractivity contribution in [2.45, 2.75) is 19.9 Å². The van der Waals surface area contributed by atoms with Crippen molar-refractivity contribution in [2.75, 3.05) is 6.54 Å². The van der Waals surface area contributed by atoms with E-state index in [2.05, 4.69) is 10.3 Å². The number of rotatable bonds is 0. The van der Waals surface area contributed by atoms with Gasteiger partial charge in [-0.15, -0.1) is 0 Å². The van der Waals surface area contributed by atoms with Crippen molar-refractivity contribution >= 4 is 12.1 Å². The number of carbonyl (C=O) groups is 1. The third-order valence-electron chi connectivity index (χ3n) is 1.75. The molecule has 2 unspecified atom stereocenters. The first-order chi connectivity index (χ1) is 4.70. The molecule has 3 nitrogen and oxygen atoms in total. The smallest absolute Gasteiger partial charge is 0.241 e. The van der Waals surface area contributed by atoms with E-state index in [4.69, 9.17) is 0 Å². The second kappa shape index (κ2) is 2.82. The number of aliphatic imine (C=N–C) groups is 1. The number of hydrogen-bond acceptors (Lipinski definition) is 2. The molecular weight excluding hydrogens is 128 g/mol. The summed E-state index contributed by atoms with van der Waals surface area (Å²) in [5.41, 5.74) is 0. The van der Waals surface area contributed by atoms with Crippen LogP contribution < -0.4 is 5.32 Å². The van der Waals surface area contributed by atoms with Crippen LogP contribution in [-0.2, 0) is 4.79 Å². The lowest BCUT2D eigenvalue weighted by molar-refractivity contribution is -0.120. The van der Waals surface area contributed by atoms with Crippen LogP contribution in [0.2, 0.25) is 0 Å². The van der Waals surface area contributed by atoms with Crippen LogP contribution in [0, 0.1) is 5.92 Å². The Morgan fingerprint density at radius 1 is 1.70 bits per heavy atom. The Balaban J connectivity index is 2.61. The van der Waals surface area contributed by atoms with Gasteiger partial charge in [-0.3, -0.25) is 9.79 Å². The van der Waals surface area contributed by atoms with Gasteiger partial charge in [-0.2, -0.15) is 0 Å². The minimum Gasteiger partial charge on any atom is -0.351 e. The monoisotopic (exact) mass is 140 g/mol. The lowest BCUT2D eigenvalue weighted by Gasteiger charge is -2.13. The predicted molar refractivity (Wildman–Crippen MR) is 40.1 cm³/mol. The van der Waals surface area contributed by atoms with Gasteiger partial charge in [-0.1, -0.05) is 6.92 Å². The lowest BCUT2D eigenvalue weighted by Crippen LogP contribution is -2.36. The largest absolute Gasteiger partial charge is 0.351 e. The first-order valence-electron chi connectivity index (χ1n) is 3.49. The van der Waals surface area contributed by atoms with E-state index in [0.29, 0.717) is 5.92 Å². The van der Waals surface area contributed by atoms with E-state index in [0.717, 1.165) is 0 Å². The van der Waals surface area contributed by atoms with Gasteiger partial charge in [0.2, 0.25) is 5.91 Å². The summed E-state index contributed by atoms with van der Waals surface area (Å²) >= 11 is 0. The molecule has 0 spiro atoms. The summed E-state index contributed by atoms with van der Waals surface area (Å²) in [7, 11) is 0. The Morgan fingerprint density at radius 3 is 3.10 bits per heavy atom. The summed E-state index contributed by atoms with van der Waals surface area (Å²) in [6.07, 6.45) is 1.84. The van der Waals surface area contributed by atoms with E-state index in [1.165, 1.54) is 0 Å². The highest BCUT2D eigenvalue weighted by molar-refractivity contribution is 5.82. The van der Waals surface area contributed by atoms with Crippen LogP contribution >= 0.6 is 0 Å². The van der Waals surface area contributed by atoms with E-state index in [1.54, 1.807) is 0 Å². The third kappa shape index (κ3) is 1.56. The molecule has 1 rings (SSSR count). The Hall–Kier alpha value is -0.860. The van der Waals surface area contributed by atoms with Crippen molar-refractivity contribution in [3.63, 3.8) is 0 Å². The van der Waals surface area contributed by atoms with Gasteiger partial charge in [0.1, 0.15) is 6.54 Å². The van der Waals surface area contributed by atoms with E-state index in [1.807, 2.05) is 20.1 Å². The van der Waals surface area contributed by atoms with Gasteiger partial charge in [0.15, 0.2) is 0 Å². The van der Waals surface area contributed by atoms with Gasteiger partial charge >= 0.3 is 0 Å². The van der Waals surface area contributed by atoms with E-state index in [9.17, 15) is 4.79 Å². The van der Waals surface area contributed by atoms with Crippen molar-refractivity contribution in [3.8, 4) is 0 Å². The molecule has 1 N–H and O–H groups in total. The maximum atomic E-state index is 10.8.